The van der Waals surface area contributed by atoms with Gasteiger partial charge in [-0.25, -0.2) is 13.8 Å². The van der Waals surface area contributed by atoms with Gasteiger partial charge in [0, 0.05) is 35.6 Å². The predicted octanol–water partition coefficient (Wildman–Crippen LogP) is 4.98. The van der Waals surface area contributed by atoms with Gasteiger partial charge >= 0.3 is 0 Å². The zero-order valence-corrected chi connectivity index (χ0v) is 19.4. The molecule has 3 N–H and O–H groups in total. The molecule has 37 heavy (non-hydrogen) atoms. The van der Waals surface area contributed by atoms with E-state index in [1.54, 1.807) is 6.20 Å². The van der Waals surface area contributed by atoms with Gasteiger partial charge in [-0.3, -0.25) is 9.50 Å². The smallest absolute Gasteiger partial charge is 0.252 e. The van der Waals surface area contributed by atoms with Crippen molar-refractivity contribution in [2.45, 2.75) is 24.3 Å². The summed E-state index contributed by atoms with van der Waals surface area (Å²) >= 11 is 0. The number of pyridine rings is 2. The molecule has 0 atom stereocenters. The van der Waals surface area contributed by atoms with Crippen molar-refractivity contribution in [3.05, 3.63) is 84.7 Å². The van der Waals surface area contributed by atoms with Crippen LogP contribution in [0.3, 0.4) is 0 Å². The summed E-state index contributed by atoms with van der Waals surface area (Å²) in [5, 5.41) is 20.1. The first kappa shape index (κ1) is 21.7. The number of fused-ring (bicyclic) bond motifs is 3. The first-order valence-corrected chi connectivity index (χ1v) is 11.8. The normalized spacial score (nSPS) is 16.2. The summed E-state index contributed by atoms with van der Waals surface area (Å²) in [4.78, 5) is 5.03. The fourth-order valence-corrected chi connectivity index (χ4v) is 5.17. The zero-order chi connectivity index (χ0) is 25.2. The first-order chi connectivity index (χ1) is 17.9. The minimum atomic E-state index is -2.70. The molecule has 0 spiro atoms. The number of rotatable bonds is 4. The number of H-pyrrole nitrogens is 1. The molecule has 4 aromatic heterocycles. The average molecular weight is 495 g/mol. The highest BCUT2D eigenvalue weighted by atomic mass is 19.3. The predicted molar refractivity (Wildman–Crippen MR) is 135 cm³/mol. The van der Waals surface area contributed by atoms with Gasteiger partial charge in [-0.05, 0) is 23.3 Å². The lowest BCUT2D eigenvalue weighted by Gasteiger charge is -2.44. The van der Waals surface area contributed by atoms with Gasteiger partial charge in [0.1, 0.15) is 0 Å². The second-order valence-electron chi connectivity index (χ2n) is 9.52. The second-order valence-corrected chi connectivity index (χ2v) is 9.52. The third-order valence-corrected chi connectivity index (χ3v) is 6.98. The minimum absolute atomic E-state index is 0.340. The van der Waals surface area contributed by atoms with E-state index in [2.05, 4.69) is 31.7 Å². The quantitative estimate of drug-likeness (QED) is 0.358. The van der Waals surface area contributed by atoms with Crippen LogP contribution < -0.4 is 5.73 Å². The van der Waals surface area contributed by atoms with Crippen LogP contribution in [-0.4, -0.2) is 40.9 Å². The van der Waals surface area contributed by atoms with E-state index in [1.807, 2.05) is 71.3 Å². The maximum absolute atomic E-state index is 13.5. The van der Waals surface area contributed by atoms with Crippen LogP contribution in [0.2, 0.25) is 0 Å². The summed E-state index contributed by atoms with van der Waals surface area (Å²) in [6.07, 6.45) is 2.84. The molecule has 8 nitrogen and oxygen atoms in total. The average Bonchev–Trinajstić information content (AvgIpc) is 3.57. The van der Waals surface area contributed by atoms with Crippen LogP contribution in [0.15, 0.2) is 79.1 Å². The van der Waals surface area contributed by atoms with Crippen LogP contribution in [0.5, 0.6) is 0 Å². The number of aromatic nitrogens is 7. The van der Waals surface area contributed by atoms with Crippen LogP contribution in [-0.2, 0) is 5.54 Å². The number of nitrogens with zero attached hydrogens (tertiary/aromatic N) is 6. The Labute approximate surface area is 209 Å². The van der Waals surface area contributed by atoms with Crippen LogP contribution in [0, 0.1) is 0 Å². The number of benzene rings is 2. The van der Waals surface area contributed by atoms with Crippen LogP contribution >= 0.6 is 0 Å². The second kappa shape index (κ2) is 7.71. The van der Waals surface area contributed by atoms with Crippen LogP contribution in [0.4, 0.5) is 8.78 Å². The van der Waals surface area contributed by atoms with Gasteiger partial charge in [0.05, 0.1) is 22.9 Å². The molecule has 1 fully saturated rings. The Hall–Kier alpha value is -4.57. The van der Waals surface area contributed by atoms with E-state index in [1.165, 1.54) is 0 Å². The number of nitrogens with one attached hydrogen (secondary N) is 1. The van der Waals surface area contributed by atoms with Crippen molar-refractivity contribution in [3.63, 3.8) is 0 Å². The van der Waals surface area contributed by atoms with Crippen molar-refractivity contribution < 1.29 is 8.78 Å². The third-order valence-electron chi connectivity index (χ3n) is 6.98. The van der Waals surface area contributed by atoms with E-state index in [0.717, 1.165) is 33.3 Å². The summed E-state index contributed by atoms with van der Waals surface area (Å²) in [5.74, 6) is -2.13. The van der Waals surface area contributed by atoms with Crippen molar-refractivity contribution in [1.29, 1.82) is 0 Å². The fraction of sp³-hybridized carbons (Fsp3) is 0.148. The van der Waals surface area contributed by atoms with Gasteiger partial charge in [0.25, 0.3) is 5.92 Å². The molecule has 1 aliphatic rings. The summed E-state index contributed by atoms with van der Waals surface area (Å²) in [6, 6.07) is 21.4. The van der Waals surface area contributed by atoms with Crippen molar-refractivity contribution >= 4 is 16.6 Å². The highest BCUT2D eigenvalue weighted by Gasteiger charge is 2.55. The van der Waals surface area contributed by atoms with E-state index >= 15 is 0 Å². The Kier molecular flexibility index (Phi) is 4.52. The lowest BCUT2D eigenvalue weighted by atomic mass is 9.70. The fourth-order valence-electron chi connectivity index (χ4n) is 5.17. The Balaban J connectivity index is 1.39. The van der Waals surface area contributed by atoms with Gasteiger partial charge in [-0.2, -0.15) is 0 Å². The van der Waals surface area contributed by atoms with Gasteiger partial charge in [-0.15, -0.1) is 15.3 Å². The number of hydrogen-bond acceptors (Lipinski definition) is 6. The van der Waals surface area contributed by atoms with Gasteiger partial charge in [-0.1, -0.05) is 59.8 Å². The molecule has 0 amide bonds. The largest absolute Gasteiger partial charge is 0.321 e. The molecule has 0 unspecified atom stereocenters. The van der Waals surface area contributed by atoms with E-state index in [9.17, 15) is 8.78 Å². The summed E-state index contributed by atoms with van der Waals surface area (Å²) in [7, 11) is 0. The first-order valence-electron chi connectivity index (χ1n) is 11.8. The third kappa shape index (κ3) is 3.48. The lowest BCUT2D eigenvalue weighted by Crippen LogP contribution is -2.55. The molecule has 1 saturated carbocycles. The Morgan fingerprint density at radius 2 is 1.68 bits per heavy atom. The standard InChI is InChI=1S/C27H20F2N8/c28-27(29)14-26(30,15-27)18-8-6-17(7-9-18)23-19(16-4-2-1-3-5-16)12-20-21(32-23)10-11-37-24(20)34-35-25(37)22-13-31-36-33-22/h1-13H,14-15,30H2,(H,31,33,36). The number of halogens is 2. The van der Waals surface area contributed by atoms with E-state index in [0.29, 0.717) is 22.7 Å². The molecule has 10 heteroatoms. The van der Waals surface area contributed by atoms with Crippen molar-refractivity contribution in [2.24, 2.45) is 5.73 Å². The maximum atomic E-state index is 13.5. The molecule has 0 radical (unpaired) electrons. The number of aromatic amines is 1. The molecule has 2 aromatic carbocycles. The summed E-state index contributed by atoms with van der Waals surface area (Å²) in [6.45, 7) is 0. The van der Waals surface area contributed by atoms with Crippen LogP contribution in [0.25, 0.3) is 50.5 Å². The molecule has 4 heterocycles. The Morgan fingerprint density at radius 3 is 2.38 bits per heavy atom. The SMILES string of the molecule is NC1(c2ccc(-c3nc4ccn5c(-c6c[nH]nn6)nnc5c4cc3-c3ccccc3)cc2)CC(F)(F)C1. The monoisotopic (exact) mass is 494 g/mol. The van der Waals surface area contributed by atoms with Gasteiger partial charge in [0.15, 0.2) is 17.2 Å². The van der Waals surface area contributed by atoms with Gasteiger partial charge < -0.3 is 5.73 Å². The van der Waals surface area contributed by atoms with Crippen molar-refractivity contribution in [2.75, 3.05) is 0 Å². The van der Waals surface area contributed by atoms with Crippen molar-refractivity contribution in [3.8, 4) is 33.9 Å². The summed E-state index contributed by atoms with van der Waals surface area (Å²) in [5.41, 5.74) is 11.5. The zero-order valence-electron chi connectivity index (χ0n) is 19.4. The number of nitrogens with two attached hydrogens (primary N) is 1. The molecule has 0 bridgehead atoms. The molecule has 6 aromatic rings. The topological polar surface area (TPSA) is 111 Å². The molecule has 0 saturated heterocycles. The van der Waals surface area contributed by atoms with E-state index in [-0.39, 0.29) is 12.8 Å². The number of hydrogen-bond donors (Lipinski definition) is 2. The van der Waals surface area contributed by atoms with E-state index < -0.39 is 11.5 Å². The molecular formula is C27H20F2N8. The minimum Gasteiger partial charge on any atom is -0.321 e. The van der Waals surface area contributed by atoms with E-state index in [4.69, 9.17) is 10.7 Å². The van der Waals surface area contributed by atoms with Crippen molar-refractivity contribution in [1.82, 2.24) is 35.0 Å². The molecule has 7 rings (SSSR count). The van der Waals surface area contributed by atoms with Gasteiger partial charge in [0.2, 0.25) is 0 Å². The lowest BCUT2D eigenvalue weighted by molar-refractivity contribution is -0.125. The Bertz CT molecular complexity index is 1750. The number of alkyl halides is 2. The van der Waals surface area contributed by atoms with Crippen LogP contribution in [0.1, 0.15) is 18.4 Å². The highest BCUT2D eigenvalue weighted by molar-refractivity contribution is 5.98. The molecule has 182 valence electrons. The Morgan fingerprint density at radius 1 is 0.892 bits per heavy atom. The molecule has 0 aliphatic heterocycles. The molecule has 1 aliphatic carbocycles. The summed E-state index contributed by atoms with van der Waals surface area (Å²) < 4.78 is 28.9. The highest BCUT2D eigenvalue weighted by Crippen LogP contribution is 2.50. The molecular weight excluding hydrogens is 474 g/mol. The maximum Gasteiger partial charge on any atom is 0.252 e.